The molecule has 0 saturated carbocycles. The lowest BCUT2D eigenvalue weighted by atomic mass is 10.2. The van der Waals surface area contributed by atoms with Crippen LogP contribution in [0.2, 0.25) is 5.02 Å². The molecule has 0 atom stereocenters. The maximum atomic E-state index is 12.6. The highest BCUT2D eigenvalue weighted by molar-refractivity contribution is 7.89. The Bertz CT molecular complexity index is 631. The third-order valence-corrected chi connectivity index (χ3v) is 4.28. The van der Waals surface area contributed by atoms with Crippen molar-refractivity contribution in [3.8, 4) is 0 Å². The van der Waals surface area contributed by atoms with E-state index in [2.05, 4.69) is 0 Å². The minimum atomic E-state index is -4.74. The Balaban J connectivity index is 3.32. The molecular formula is C10H10ClF3N2O3S. The number of likely N-dealkylation sites (N-methyl/N-ethyl adjacent to an activating group) is 1. The summed E-state index contributed by atoms with van der Waals surface area (Å²) < 4.78 is 62.3. The summed E-state index contributed by atoms with van der Waals surface area (Å²) in [4.78, 5) is 10.0. The number of carbonyl (C=O) groups is 1. The van der Waals surface area contributed by atoms with Crippen LogP contribution in [-0.4, -0.2) is 32.2 Å². The van der Waals surface area contributed by atoms with Crippen LogP contribution in [0.3, 0.4) is 0 Å². The van der Waals surface area contributed by atoms with Gasteiger partial charge in [0.1, 0.15) is 0 Å². The molecule has 1 aromatic carbocycles. The Kier molecular flexibility index (Phi) is 4.67. The number of nitrogens with two attached hydrogens (primary N) is 1. The van der Waals surface area contributed by atoms with Crippen molar-refractivity contribution in [3.05, 3.63) is 28.8 Å². The minimum absolute atomic E-state index is 0.383. The van der Waals surface area contributed by atoms with Crippen molar-refractivity contribution < 1.29 is 26.4 Å². The molecule has 10 heteroatoms. The zero-order chi connectivity index (χ0) is 15.7. The number of amides is 1. The number of primary amides is 1. The van der Waals surface area contributed by atoms with Gasteiger partial charge in [0.05, 0.1) is 17.0 Å². The lowest BCUT2D eigenvalue weighted by Gasteiger charge is -2.17. The SMILES string of the molecule is CN(CC(N)=O)S(=O)(=O)c1cc(Cl)cc(C(F)(F)F)c1. The number of carbonyl (C=O) groups excluding carboxylic acids is 1. The first-order chi connectivity index (χ1) is 8.94. The summed E-state index contributed by atoms with van der Waals surface area (Å²) in [7, 11) is -3.27. The molecule has 0 aliphatic heterocycles. The van der Waals surface area contributed by atoms with Crippen LogP contribution in [0, 0.1) is 0 Å². The van der Waals surface area contributed by atoms with Crippen LogP contribution in [0.15, 0.2) is 23.1 Å². The van der Waals surface area contributed by atoms with Crippen LogP contribution >= 0.6 is 11.6 Å². The molecule has 1 amide bonds. The van der Waals surface area contributed by atoms with Gasteiger partial charge in [0.2, 0.25) is 15.9 Å². The summed E-state index contributed by atoms with van der Waals surface area (Å²) in [5.41, 5.74) is 3.65. The first-order valence-corrected chi connectivity index (χ1v) is 6.89. The first kappa shape index (κ1) is 16.7. The Hall–Kier alpha value is -1.32. The molecule has 0 fully saturated rings. The molecule has 0 aliphatic rings. The van der Waals surface area contributed by atoms with Gasteiger partial charge in [-0.25, -0.2) is 8.42 Å². The average molecular weight is 331 g/mol. The van der Waals surface area contributed by atoms with Crippen LogP contribution < -0.4 is 5.73 Å². The number of alkyl halides is 3. The van der Waals surface area contributed by atoms with E-state index in [1.807, 2.05) is 0 Å². The number of sulfonamides is 1. The van der Waals surface area contributed by atoms with Crippen molar-refractivity contribution in [2.45, 2.75) is 11.1 Å². The summed E-state index contributed by atoms with van der Waals surface area (Å²) in [6, 6.07) is 1.91. The van der Waals surface area contributed by atoms with E-state index in [-0.39, 0.29) is 5.02 Å². The van der Waals surface area contributed by atoms with Crippen molar-refractivity contribution in [3.63, 3.8) is 0 Å². The fourth-order valence-corrected chi connectivity index (χ4v) is 2.87. The molecule has 0 aromatic heterocycles. The van der Waals surface area contributed by atoms with Crippen molar-refractivity contribution >= 4 is 27.5 Å². The summed E-state index contributed by atoms with van der Waals surface area (Å²) >= 11 is 5.50. The predicted molar refractivity (Wildman–Crippen MR) is 65.5 cm³/mol. The zero-order valence-corrected chi connectivity index (χ0v) is 11.7. The van der Waals surface area contributed by atoms with Gasteiger partial charge in [-0.1, -0.05) is 11.6 Å². The average Bonchev–Trinajstić information content (AvgIpc) is 2.25. The molecule has 20 heavy (non-hydrogen) atoms. The molecule has 0 heterocycles. The zero-order valence-electron chi connectivity index (χ0n) is 10.1. The number of nitrogens with zero attached hydrogens (tertiary/aromatic N) is 1. The predicted octanol–water partition coefficient (Wildman–Crippen LogP) is 1.46. The number of hydrogen-bond acceptors (Lipinski definition) is 3. The highest BCUT2D eigenvalue weighted by atomic mass is 35.5. The summed E-state index contributed by atoms with van der Waals surface area (Å²) in [5, 5.41) is -0.383. The van der Waals surface area contributed by atoms with Gasteiger partial charge in [-0.2, -0.15) is 17.5 Å². The van der Waals surface area contributed by atoms with Gasteiger partial charge >= 0.3 is 6.18 Å². The lowest BCUT2D eigenvalue weighted by Crippen LogP contribution is -2.35. The van der Waals surface area contributed by atoms with Crippen molar-refractivity contribution in [1.29, 1.82) is 0 Å². The van der Waals surface area contributed by atoms with Crippen molar-refractivity contribution in [2.24, 2.45) is 5.73 Å². The van der Waals surface area contributed by atoms with E-state index in [1.54, 1.807) is 0 Å². The monoisotopic (exact) mass is 330 g/mol. The molecule has 0 aliphatic carbocycles. The number of hydrogen-bond donors (Lipinski definition) is 1. The molecule has 0 unspecified atom stereocenters. The van der Waals surface area contributed by atoms with E-state index in [1.165, 1.54) is 0 Å². The fourth-order valence-electron chi connectivity index (χ4n) is 1.36. The van der Waals surface area contributed by atoms with Crippen LogP contribution in [0.1, 0.15) is 5.56 Å². The topological polar surface area (TPSA) is 80.5 Å². The molecule has 112 valence electrons. The summed E-state index contributed by atoms with van der Waals surface area (Å²) in [6.45, 7) is -0.657. The van der Waals surface area contributed by atoms with E-state index >= 15 is 0 Å². The highest BCUT2D eigenvalue weighted by Gasteiger charge is 2.33. The van der Waals surface area contributed by atoms with E-state index in [0.29, 0.717) is 16.4 Å². The molecule has 0 bridgehead atoms. The molecule has 0 saturated heterocycles. The van der Waals surface area contributed by atoms with Gasteiger partial charge in [-0.15, -0.1) is 0 Å². The molecule has 0 radical (unpaired) electrons. The fraction of sp³-hybridized carbons (Fsp3) is 0.300. The van der Waals surface area contributed by atoms with Crippen LogP contribution in [0.25, 0.3) is 0 Å². The first-order valence-electron chi connectivity index (χ1n) is 5.07. The molecule has 0 spiro atoms. The highest BCUT2D eigenvalue weighted by Crippen LogP contribution is 2.33. The van der Waals surface area contributed by atoms with Gasteiger partial charge in [-0.05, 0) is 18.2 Å². The molecule has 2 N–H and O–H groups in total. The quantitative estimate of drug-likeness (QED) is 0.907. The molecule has 1 rings (SSSR count). The van der Waals surface area contributed by atoms with Gasteiger partial charge in [0.25, 0.3) is 0 Å². The van der Waals surface area contributed by atoms with E-state index in [4.69, 9.17) is 17.3 Å². The number of rotatable bonds is 4. The van der Waals surface area contributed by atoms with Gasteiger partial charge < -0.3 is 5.73 Å². The van der Waals surface area contributed by atoms with Crippen LogP contribution in [0.4, 0.5) is 13.2 Å². The van der Waals surface area contributed by atoms with E-state index in [0.717, 1.165) is 13.1 Å². The molecule has 1 aromatic rings. The third-order valence-electron chi connectivity index (χ3n) is 2.29. The maximum Gasteiger partial charge on any atom is 0.416 e. The smallest absolute Gasteiger partial charge is 0.369 e. The molecular weight excluding hydrogens is 321 g/mol. The maximum absolute atomic E-state index is 12.6. The number of halogens is 4. The normalized spacial score (nSPS) is 12.7. The van der Waals surface area contributed by atoms with E-state index in [9.17, 15) is 26.4 Å². The number of benzene rings is 1. The summed E-state index contributed by atoms with van der Waals surface area (Å²) in [6.07, 6.45) is -4.74. The van der Waals surface area contributed by atoms with Crippen molar-refractivity contribution in [1.82, 2.24) is 4.31 Å². The Morgan fingerprint density at radius 3 is 2.35 bits per heavy atom. The minimum Gasteiger partial charge on any atom is -0.369 e. The largest absolute Gasteiger partial charge is 0.416 e. The second kappa shape index (κ2) is 5.58. The van der Waals surface area contributed by atoms with Crippen LogP contribution in [0.5, 0.6) is 0 Å². The van der Waals surface area contributed by atoms with Gasteiger partial charge in [0.15, 0.2) is 0 Å². The Labute approximate surface area is 118 Å². The van der Waals surface area contributed by atoms with Crippen molar-refractivity contribution in [2.75, 3.05) is 13.6 Å². The summed E-state index contributed by atoms with van der Waals surface area (Å²) in [5.74, 6) is -0.936. The standard InChI is InChI=1S/C10H10ClF3N2O3S/c1-16(5-9(15)17)20(18,19)8-3-6(10(12,13)14)2-7(11)4-8/h2-4H,5H2,1H3,(H2,15,17). The van der Waals surface area contributed by atoms with E-state index < -0.39 is 39.1 Å². The Morgan fingerprint density at radius 2 is 1.90 bits per heavy atom. The molecule has 5 nitrogen and oxygen atoms in total. The second-order valence-electron chi connectivity index (χ2n) is 3.90. The second-order valence-corrected chi connectivity index (χ2v) is 6.38. The Morgan fingerprint density at radius 1 is 1.35 bits per heavy atom. The third kappa shape index (κ3) is 3.84. The van der Waals surface area contributed by atoms with Crippen LogP contribution in [-0.2, 0) is 21.0 Å². The van der Waals surface area contributed by atoms with Gasteiger partial charge in [-0.3, -0.25) is 4.79 Å². The lowest BCUT2D eigenvalue weighted by molar-refractivity contribution is -0.137. The van der Waals surface area contributed by atoms with Gasteiger partial charge in [0, 0.05) is 12.1 Å².